The van der Waals surface area contributed by atoms with Gasteiger partial charge in [-0.15, -0.1) is 0 Å². The number of carbonyl (C=O) groups excluding carboxylic acids is 2. The molecule has 1 N–H and O–H groups in total. The Kier molecular flexibility index (Phi) is 4.83. The maximum absolute atomic E-state index is 12.8. The van der Waals surface area contributed by atoms with E-state index in [1.165, 1.54) is 0 Å². The fourth-order valence-electron chi connectivity index (χ4n) is 3.09. The molecule has 0 spiro atoms. The lowest BCUT2D eigenvalue weighted by atomic mass is 10.0. The van der Waals surface area contributed by atoms with Crippen molar-refractivity contribution < 1.29 is 9.59 Å². The average molecular weight is 355 g/mol. The Morgan fingerprint density at radius 3 is 2.09 bits per heavy atom. The summed E-state index contributed by atoms with van der Waals surface area (Å²) < 4.78 is 0. The first-order valence-electron chi connectivity index (χ1n) is 8.09. The third-order valence-electron chi connectivity index (χ3n) is 4.69. The zero-order valence-corrected chi connectivity index (χ0v) is 14.4. The first kappa shape index (κ1) is 16.6. The van der Waals surface area contributed by atoms with Crippen molar-refractivity contribution in [2.24, 2.45) is 5.41 Å². The van der Waals surface area contributed by atoms with Crippen molar-refractivity contribution in [1.29, 1.82) is 0 Å². The Morgan fingerprint density at radius 2 is 1.57 bits per heavy atom. The van der Waals surface area contributed by atoms with E-state index in [9.17, 15) is 9.59 Å². The van der Waals surface area contributed by atoms with Crippen molar-refractivity contribution >= 4 is 40.7 Å². The average Bonchev–Trinajstić information content (AvgIpc) is 3.34. The van der Waals surface area contributed by atoms with E-state index < -0.39 is 5.41 Å². The van der Waals surface area contributed by atoms with Gasteiger partial charge in [0, 0.05) is 13.1 Å². The molecule has 6 heteroatoms. The third-order valence-corrected chi connectivity index (χ3v) is 5.32. The molecule has 1 heterocycles. The molecule has 0 radical (unpaired) electrons. The second-order valence-corrected chi connectivity index (χ2v) is 7.15. The lowest BCUT2D eigenvalue weighted by Gasteiger charge is -2.25. The fraction of sp³-hybridized carbons (Fsp3) is 0.529. The van der Waals surface area contributed by atoms with Crippen LogP contribution in [0.5, 0.6) is 0 Å². The van der Waals surface area contributed by atoms with Gasteiger partial charge in [-0.25, -0.2) is 0 Å². The van der Waals surface area contributed by atoms with Crippen LogP contribution in [0.2, 0.25) is 10.0 Å². The first-order chi connectivity index (χ1) is 11.0. The van der Waals surface area contributed by atoms with Crippen molar-refractivity contribution in [3.05, 3.63) is 28.2 Å². The third kappa shape index (κ3) is 3.33. The van der Waals surface area contributed by atoms with Crippen molar-refractivity contribution in [1.82, 2.24) is 4.90 Å². The second-order valence-electron chi connectivity index (χ2n) is 6.34. The molecule has 1 aromatic rings. The lowest BCUT2D eigenvalue weighted by molar-refractivity contribution is -0.142. The van der Waals surface area contributed by atoms with E-state index in [2.05, 4.69) is 5.32 Å². The molecule has 0 bridgehead atoms. The van der Waals surface area contributed by atoms with E-state index in [1.54, 1.807) is 18.2 Å². The molecule has 23 heavy (non-hydrogen) atoms. The van der Waals surface area contributed by atoms with E-state index in [-0.39, 0.29) is 11.8 Å². The summed E-state index contributed by atoms with van der Waals surface area (Å²) in [6, 6.07) is 5.05. The Bertz CT molecular complexity index is 601. The minimum Gasteiger partial charge on any atom is -0.342 e. The largest absolute Gasteiger partial charge is 0.342 e. The molecule has 1 aliphatic carbocycles. The summed E-state index contributed by atoms with van der Waals surface area (Å²) >= 11 is 12.2. The number of rotatable bonds is 3. The molecule has 0 atom stereocenters. The predicted octanol–water partition coefficient (Wildman–Crippen LogP) is 4.11. The van der Waals surface area contributed by atoms with E-state index >= 15 is 0 Å². The topological polar surface area (TPSA) is 49.4 Å². The number of nitrogens with one attached hydrogen (secondary N) is 1. The quantitative estimate of drug-likeness (QED) is 0.830. The molecule has 1 saturated heterocycles. The minimum atomic E-state index is -0.924. The van der Waals surface area contributed by atoms with Crippen LogP contribution >= 0.6 is 23.2 Å². The molecule has 0 aromatic heterocycles. The van der Waals surface area contributed by atoms with Crippen molar-refractivity contribution in [3.8, 4) is 0 Å². The highest BCUT2D eigenvalue weighted by Gasteiger charge is 2.58. The van der Waals surface area contributed by atoms with Crippen LogP contribution < -0.4 is 5.32 Å². The van der Waals surface area contributed by atoms with Crippen LogP contribution in [0.4, 0.5) is 5.69 Å². The standard InChI is InChI=1S/C17H20Cl2N2O2/c18-12-6-5-7-13(19)14(12)20-15(22)17(8-9-17)16(23)21-10-3-1-2-4-11-21/h5-7H,1-4,8-11H2,(H,20,22). The van der Waals surface area contributed by atoms with Crippen molar-refractivity contribution in [3.63, 3.8) is 0 Å². The molecule has 2 aliphatic rings. The number of hydrogen-bond acceptors (Lipinski definition) is 2. The molecule has 3 rings (SSSR count). The van der Waals surface area contributed by atoms with E-state index in [4.69, 9.17) is 23.2 Å². The molecular formula is C17H20Cl2N2O2. The normalized spacial score (nSPS) is 19.8. The molecule has 124 valence electrons. The number of hydrogen-bond donors (Lipinski definition) is 1. The molecule has 0 unspecified atom stereocenters. The summed E-state index contributed by atoms with van der Waals surface area (Å²) in [5.74, 6) is -0.332. The van der Waals surface area contributed by atoms with Crippen LogP contribution in [0.1, 0.15) is 38.5 Å². The van der Waals surface area contributed by atoms with Gasteiger partial charge >= 0.3 is 0 Å². The van der Waals surface area contributed by atoms with Crippen molar-refractivity contribution in [2.45, 2.75) is 38.5 Å². The number of benzene rings is 1. The summed E-state index contributed by atoms with van der Waals surface area (Å²) in [6.45, 7) is 1.50. The van der Waals surface area contributed by atoms with Crippen LogP contribution in [0.3, 0.4) is 0 Å². The molecule has 1 aliphatic heterocycles. The number of likely N-dealkylation sites (tertiary alicyclic amines) is 1. The Labute approximate surface area is 146 Å². The monoisotopic (exact) mass is 354 g/mol. The number of amides is 2. The maximum Gasteiger partial charge on any atom is 0.240 e. The van der Waals surface area contributed by atoms with Gasteiger partial charge in [0.25, 0.3) is 0 Å². The number of halogens is 2. The summed E-state index contributed by atoms with van der Waals surface area (Å²) in [4.78, 5) is 27.4. The van der Waals surface area contributed by atoms with Gasteiger partial charge in [0.1, 0.15) is 5.41 Å². The summed E-state index contributed by atoms with van der Waals surface area (Å²) in [7, 11) is 0. The number of nitrogens with zero attached hydrogens (tertiary/aromatic N) is 1. The minimum absolute atomic E-state index is 0.0416. The van der Waals surface area contributed by atoms with Gasteiger partial charge in [-0.3, -0.25) is 9.59 Å². The van der Waals surface area contributed by atoms with Gasteiger partial charge < -0.3 is 10.2 Å². The van der Waals surface area contributed by atoms with Gasteiger partial charge in [0.05, 0.1) is 15.7 Å². The van der Waals surface area contributed by atoms with Gasteiger partial charge in [-0.05, 0) is 37.8 Å². The van der Waals surface area contributed by atoms with E-state index in [1.807, 2.05) is 4.90 Å². The second kappa shape index (κ2) is 6.70. The number of para-hydroxylation sites is 1. The summed E-state index contributed by atoms with van der Waals surface area (Å²) in [6.07, 6.45) is 5.52. The Hall–Kier alpha value is -1.26. The number of carbonyl (C=O) groups is 2. The van der Waals surface area contributed by atoms with Gasteiger partial charge in [0.15, 0.2) is 0 Å². The van der Waals surface area contributed by atoms with Crippen LogP contribution in [0.25, 0.3) is 0 Å². The zero-order valence-electron chi connectivity index (χ0n) is 12.9. The van der Waals surface area contributed by atoms with Crippen LogP contribution in [-0.2, 0) is 9.59 Å². The highest BCUT2D eigenvalue weighted by Crippen LogP contribution is 2.49. The summed E-state index contributed by atoms with van der Waals surface area (Å²) in [5.41, 5.74) is -0.539. The van der Waals surface area contributed by atoms with Gasteiger partial charge in [-0.2, -0.15) is 0 Å². The molecule has 1 aromatic carbocycles. The van der Waals surface area contributed by atoms with E-state index in [0.717, 1.165) is 38.8 Å². The first-order valence-corrected chi connectivity index (χ1v) is 8.85. The zero-order chi connectivity index (χ0) is 16.4. The number of anilines is 1. The fourth-order valence-corrected chi connectivity index (χ4v) is 3.58. The van der Waals surface area contributed by atoms with E-state index in [0.29, 0.717) is 28.6 Å². The molecule has 1 saturated carbocycles. The highest BCUT2D eigenvalue weighted by atomic mass is 35.5. The molecule has 2 fully saturated rings. The summed E-state index contributed by atoms with van der Waals surface area (Å²) in [5, 5.41) is 3.52. The SMILES string of the molecule is O=C(Nc1c(Cl)cccc1Cl)C1(C(=O)N2CCCCCC2)CC1. The van der Waals surface area contributed by atoms with Gasteiger partial charge in [0.2, 0.25) is 11.8 Å². The highest BCUT2D eigenvalue weighted by molar-refractivity contribution is 6.40. The Balaban J connectivity index is 1.74. The maximum atomic E-state index is 12.8. The van der Waals surface area contributed by atoms with Crippen LogP contribution in [0, 0.1) is 5.41 Å². The molecule has 2 amide bonds. The predicted molar refractivity (Wildman–Crippen MR) is 91.8 cm³/mol. The Morgan fingerprint density at radius 1 is 1.00 bits per heavy atom. The van der Waals surface area contributed by atoms with Crippen LogP contribution in [-0.4, -0.2) is 29.8 Å². The molecular weight excluding hydrogens is 335 g/mol. The molecule has 4 nitrogen and oxygen atoms in total. The van der Waals surface area contributed by atoms with Crippen molar-refractivity contribution in [2.75, 3.05) is 18.4 Å². The van der Waals surface area contributed by atoms with Gasteiger partial charge in [-0.1, -0.05) is 42.1 Å². The lowest BCUT2D eigenvalue weighted by Crippen LogP contribution is -2.43. The smallest absolute Gasteiger partial charge is 0.240 e. The van der Waals surface area contributed by atoms with Crippen LogP contribution in [0.15, 0.2) is 18.2 Å².